The quantitative estimate of drug-likeness (QED) is 0.298. The molecular weight excluding hydrogens is 190 g/mol. The SMILES string of the molecule is CC1CCN(CCCCCC(=O)NN)C1. The van der Waals surface area contributed by atoms with Crippen LogP contribution in [0.1, 0.15) is 39.0 Å². The van der Waals surface area contributed by atoms with Crippen molar-refractivity contribution >= 4 is 5.91 Å². The average molecular weight is 213 g/mol. The van der Waals surface area contributed by atoms with Crippen molar-refractivity contribution in [1.82, 2.24) is 10.3 Å². The molecule has 88 valence electrons. The third-order valence-electron chi connectivity index (χ3n) is 3.05. The molecule has 0 radical (unpaired) electrons. The van der Waals surface area contributed by atoms with E-state index < -0.39 is 0 Å². The van der Waals surface area contributed by atoms with Crippen LogP contribution in [0.15, 0.2) is 0 Å². The lowest BCUT2D eigenvalue weighted by Gasteiger charge is -2.14. The first-order chi connectivity index (χ1) is 7.22. The number of carbonyl (C=O) groups is 1. The molecule has 0 spiro atoms. The molecular formula is C11H23N3O. The average Bonchev–Trinajstić information content (AvgIpc) is 2.63. The summed E-state index contributed by atoms with van der Waals surface area (Å²) in [6.07, 6.45) is 5.18. The first-order valence-electron chi connectivity index (χ1n) is 5.94. The van der Waals surface area contributed by atoms with E-state index in [1.165, 1.54) is 32.5 Å². The third-order valence-corrected chi connectivity index (χ3v) is 3.05. The zero-order valence-corrected chi connectivity index (χ0v) is 9.67. The fourth-order valence-electron chi connectivity index (χ4n) is 2.10. The van der Waals surface area contributed by atoms with Crippen molar-refractivity contribution < 1.29 is 4.79 Å². The summed E-state index contributed by atoms with van der Waals surface area (Å²) in [5.41, 5.74) is 2.15. The zero-order valence-electron chi connectivity index (χ0n) is 9.67. The van der Waals surface area contributed by atoms with Crippen molar-refractivity contribution in [3.63, 3.8) is 0 Å². The van der Waals surface area contributed by atoms with Crippen LogP contribution in [-0.4, -0.2) is 30.4 Å². The van der Waals surface area contributed by atoms with E-state index in [0.29, 0.717) is 6.42 Å². The molecule has 4 nitrogen and oxygen atoms in total. The molecule has 0 aromatic rings. The molecule has 15 heavy (non-hydrogen) atoms. The number of likely N-dealkylation sites (tertiary alicyclic amines) is 1. The number of nitrogens with two attached hydrogens (primary N) is 1. The number of nitrogens with zero attached hydrogens (tertiary/aromatic N) is 1. The number of carbonyl (C=O) groups excluding carboxylic acids is 1. The molecule has 1 amide bonds. The van der Waals surface area contributed by atoms with E-state index in [9.17, 15) is 4.79 Å². The smallest absolute Gasteiger partial charge is 0.233 e. The van der Waals surface area contributed by atoms with Gasteiger partial charge in [-0.15, -0.1) is 0 Å². The van der Waals surface area contributed by atoms with Crippen molar-refractivity contribution in [1.29, 1.82) is 0 Å². The van der Waals surface area contributed by atoms with Crippen molar-refractivity contribution in [2.24, 2.45) is 11.8 Å². The minimum Gasteiger partial charge on any atom is -0.303 e. The topological polar surface area (TPSA) is 58.4 Å². The van der Waals surface area contributed by atoms with E-state index in [1.807, 2.05) is 0 Å². The van der Waals surface area contributed by atoms with E-state index in [2.05, 4.69) is 17.2 Å². The van der Waals surface area contributed by atoms with Gasteiger partial charge >= 0.3 is 0 Å². The first-order valence-corrected chi connectivity index (χ1v) is 5.94. The Morgan fingerprint density at radius 1 is 1.47 bits per heavy atom. The van der Waals surface area contributed by atoms with Gasteiger partial charge in [-0.25, -0.2) is 5.84 Å². The van der Waals surface area contributed by atoms with Crippen molar-refractivity contribution in [3.8, 4) is 0 Å². The normalized spacial score (nSPS) is 21.9. The Balaban J connectivity index is 1.91. The fourth-order valence-corrected chi connectivity index (χ4v) is 2.10. The number of hydrazine groups is 1. The second-order valence-electron chi connectivity index (χ2n) is 4.57. The monoisotopic (exact) mass is 213 g/mol. The first kappa shape index (κ1) is 12.5. The Morgan fingerprint density at radius 2 is 2.27 bits per heavy atom. The highest BCUT2D eigenvalue weighted by Gasteiger charge is 2.17. The molecule has 1 aliphatic heterocycles. The number of hydrogen-bond donors (Lipinski definition) is 2. The Bertz CT molecular complexity index is 196. The molecule has 4 heteroatoms. The Morgan fingerprint density at radius 3 is 2.87 bits per heavy atom. The predicted molar refractivity (Wildman–Crippen MR) is 61.0 cm³/mol. The van der Waals surface area contributed by atoms with Crippen LogP contribution in [0.25, 0.3) is 0 Å². The Hall–Kier alpha value is -0.610. The minimum absolute atomic E-state index is 0.0511. The summed E-state index contributed by atoms with van der Waals surface area (Å²) in [6.45, 7) is 6.01. The van der Waals surface area contributed by atoms with Gasteiger partial charge in [-0.3, -0.25) is 10.2 Å². The number of hydrogen-bond acceptors (Lipinski definition) is 3. The van der Waals surface area contributed by atoms with Gasteiger partial charge in [-0.05, 0) is 38.3 Å². The summed E-state index contributed by atoms with van der Waals surface area (Å²) in [5.74, 6) is 5.81. The van der Waals surface area contributed by atoms with Crippen LogP contribution in [0.2, 0.25) is 0 Å². The maximum Gasteiger partial charge on any atom is 0.233 e. The van der Waals surface area contributed by atoms with Gasteiger partial charge in [0.25, 0.3) is 0 Å². The molecule has 1 aliphatic rings. The van der Waals surface area contributed by atoms with E-state index >= 15 is 0 Å². The summed E-state index contributed by atoms with van der Waals surface area (Å²) in [4.78, 5) is 13.3. The van der Waals surface area contributed by atoms with Crippen molar-refractivity contribution in [3.05, 3.63) is 0 Å². The van der Waals surface area contributed by atoms with E-state index in [1.54, 1.807) is 0 Å². The molecule has 0 aromatic carbocycles. The summed E-state index contributed by atoms with van der Waals surface area (Å²) in [6, 6.07) is 0. The lowest BCUT2D eigenvalue weighted by atomic mass is 10.2. The third kappa shape index (κ3) is 5.14. The van der Waals surface area contributed by atoms with Crippen molar-refractivity contribution in [2.75, 3.05) is 19.6 Å². The number of amides is 1. The highest BCUT2D eigenvalue weighted by atomic mass is 16.2. The Labute approximate surface area is 92.2 Å². The summed E-state index contributed by atoms with van der Waals surface area (Å²) >= 11 is 0. The lowest BCUT2D eigenvalue weighted by molar-refractivity contribution is -0.121. The van der Waals surface area contributed by atoms with Crippen LogP contribution in [0.5, 0.6) is 0 Å². The van der Waals surface area contributed by atoms with Crippen LogP contribution < -0.4 is 11.3 Å². The van der Waals surface area contributed by atoms with Gasteiger partial charge in [-0.1, -0.05) is 13.3 Å². The van der Waals surface area contributed by atoms with Crippen LogP contribution in [0, 0.1) is 5.92 Å². The highest BCUT2D eigenvalue weighted by Crippen LogP contribution is 2.15. The number of rotatable bonds is 6. The summed E-state index contributed by atoms with van der Waals surface area (Å²) in [7, 11) is 0. The molecule has 1 fully saturated rings. The lowest BCUT2D eigenvalue weighted by Crippen LogP contribution is -2.29. The van der Waals surface area contributed by atoms with Crippen LogP contribution in [0.3, 0.4) is 0 Å². The summed E-state index contributed by atoms with van der Waals surface area (Å²) in [5, 5.41) is 0. The second kappa shape index (κ2) is 6.80. The van der Waals surface area contributed by atoms with Gasteiger partial charge in [-0.2, -0.15) is 0 Å². The Kier molecular flexibility index (Phi) is 5.65. The largest absolute Gasteiger partial charge is 0.303 e. The molecule has 1 saturated heterocycles. The van der Waals surface area contributed by atoms with E-state index in [-0.39, 0.29) is 5.91 Å². The molecule has 0 aromatic heterocycles. The van der Waals surface area contributed by atoms with Gasteiger partial charge in [0.1, 0.15) is 0 Å². The molecule has 0 saturated carbocycles. The van der Waals surface area contributed by atoms with Crippen LogP contribution >= 0.6 is 0 Å². The second-order valence-corrected chi connectivity index (χ2v) is 4.57. The minimum atomic E-state index is -0.0511. The fraction of sp³-hybridized carbons (Fsp3) is 0.909. The van der Waals surface area contributed by atoms with E-state index in [0.717, 1.165) is 18.8 Å². The van der Waals surface area contributed by atoms with Crippen molar-refractivity contribution in [2.45, 2.75) is 39.0 Å². The molecule has 1 unspecified atom stereocenters. The van der Waals surface area contributed by atoms with Gasteiger partial charge in [0.05, 0.1) is 0 Å². The summed E-state index contributed by atoms with van der Waals surface area (Å²) < 4.78 is 0. The predicted octanol–water partition coefficient (Wildman–Crippen LogP) is 0.879. The van der Waals surface area contributed by atoms with Crippen LogP contribution in [-0.2, 0) is 4.79 Å². The van der Waals surface area contributed by atoms with Gasteiger partial charge in [0, 0.05) is 13.0 Å². The van der Waals surface area contributed by atoms with E-state index in [4.69, 9.17) is 5.84 Å². The molecule has 1 atom stereocenters. The maximum absolute atomic E-state index is 10.8. The molecule has 1 rings (SSSR count). The molecule has 3 N–H and O–H groups in total. The number of unbranched alkanes of at least 4 members (excludes halogenated alkanes) is 2. The highest BCUT2D eigenvalue weighted by molar-refractivity contribution is 5.74. The van der Waals surface area contributed by atoms with Gasteiger partial charge in [0.15, 0.2) is 0 Å². The molecule has 0 bridgehead atoms. The standard InChI is InChI=1S/C11H23N3O/c1-10-6-8-14(9-10)7-4-2-3-5-11(15)13-12/h10H,2-9,12H2,1H3,(H,13,15). The van der Waals surface area contributed by atoms with Gasteiger partial charge in [0.2, 0.25) is 5.91 Å². The number of nitrogens with one attached hydrogen (secondary N) is 1. The maximum atomic E-state index is 10.8. The van der Waals surface area contributed by atoms with Gasteiger partial charge < -0.3 is 4.90 Å². The zero-order chi connectivity index (χ0) is 11.1. The molecule has 1 heterocycles. The van der Waals surface area contributed by atoms with Crippen LogP contribution in [0.4, 0.5) is 0 Å². The molecule has 0 aliphatic carbocycles.